The molecule has 1 fully saturated rings. The Balaban J connectivity index is 2.37. The van der Waals surface area contributed by atoms with E-state index in [0.717, 1.165) is 0 Å². The van der Waals surface area contributed by atoms with Gasteiger partial charge in [0, 0.05) is 5.02 Å². The van der Waals surface area contributed by atoms with Gasteiger partial charge in [0.25, 0.3) is 5.78 Å². The van der Waals surface area contributed by atoms with Crippen molar-refractivity contribution in [1.29, 1.82) is 0 Å². The van der Waals surface area contributed by atoms with Crippen LogP contribution in [0.2, 0.25) is 5.02 Å². The van der Waals surface area contributed by atoms with Crippen LogP contribution in [-0.2, 0) is 19.1 Å². The van der Waals surface area contributed by atoms with Crippen LogP contribution in [0.4, 0.5) is 0 Å². The number of ketones is 2. The Kier molecular flexibility index (Phi) is 2.98. The lowest BCUT2D eigenvalue weighted by Gasteiger charge is -2.13. The summed E-state index contributed by atoms with van der Waals surface area (Å²) in [5.74, 6) is -3.15. The first kappa shape index (κ1) is 11.8. The molecule has 0 bridgehead atoms. The van der Waals surface area contributed by atoms with E-state index in [1.165, 1.54) is 6.92 Å². The van der Waals surface area contributed by atoms with Crippen molar-refractivity contribution in [3.63, 3.8) is 0 Å². The summed E-state index contributed by atoms with van der Waals surface area (Å²) >= 11 is 5.73. The molecule has 0 spiro atoms. The van der Waals surface area contributed by atoms with Gasteiger partial charge >= 0.3 is 5.97 Å². The predicted molar refractivity (Wildman–Crippen MR) is 59.5 cm³/mol. The Bertz CT molecular complexity index is 492. The van der Waals surface area contributed by atoms with Crippen molar-refractivity contribution in [2.45, 2.75) is 13.0 Å². The molecule has 88 valence electrons. The number of hydrogen-bond donors (Lipinski definition) is 0. The van der Waals surface area contributed by atoms with Crippen molar-refractivity contribution in [1.82, 2.24) is 0 Å². The van der Waals surface area contributed by atoms with Crippen molar-refractivity contribution in [3.8, 4) is 0 Å². The number of carbonyl (C=O) groups excluding carboxylic acids is 3. The number of cyclic esters (lactones) is 1. The van der Waals surface area contributed by atoms with E-state index in [9.17, 15) is 14.4 Å². The van der Waals surface area contributed by atoms with Crippen LogP contribution in [0.5, 0.6) is 0 Å². The predicted octanol–water partition coefficient (Wildman–Crippen LogP) is 1.71. The van der Waals surface area contributed by atoms with Gasteiger partial charge in [-0.05, 0) is 24.6 Å². The first-order chi connectivity index (χ1) is 8.00. The molecule has 1 aliphatic rings. The summed E-state index contributed by atoms with van der Waals surface area (Å²) in [6.45, 7) is 1.27. The van der Waals surface area contributed by atoms with Gasteiger partial charge in [0.05, 0.1) is 0 Å². The molecule has 1 saturated heterocycles. The number of halogens is 1. The molecule has 4 nitrogen and oxygen atoms in total. The van der Waals surface area contributed by atoms with Crippen molar-refractivity contribution >= 4 is 29.1 Å². The molecule has 17 heavy (non-hydrogen) atoms. The number of rotatable bonds is 2. The van der Waals surface area contributed by atoms with E-state index in [4.69, 9.17) is 16.3 Å². The summed E-state index contributed by atoms with van der Waals surface area (Å²) in [6, 6.07) is 6.50. The van der Waals surface area contributed by atoms with Crippen molar-refractivity contribution in [2.24, 2.45) is 5.92 Å². The van der Waals surface area contributed by atoms with E-state index >= 15 is 0 Å². The quantitative estimate of drug-likeness (QED) is 0.457. The number of ether oxygens (including phenoxy) is 1. The lowest BCUT2D eigenvalue weighted by Crippen LogP contribution is -2.23. The first-order valence-corrected chi connectivity index (χ1v) is 5.39. The molecule has 1 aromatic rings. The van der Waals surface area contributed by atoms with E-state index in [0.29, 0.717) is 10.6 Å². The van der Waals surface area contributed by atoms with E-state index in [1.54, 1.807) is 24.3 Å². The molecular weight excluding hydrogens is 244 g/mol. The fourth-order valence-electron chi connectivity index (χ4n) is 1.82. The summed E-state index contributed by atoms with van der Waals surface area (Å²) in [4.78, 5) is 34.0. The van der Waals surface area contributed by atoms with Gasteiger partial charge in [-0.15, -0.1) is 0 Å². The minimum absolute atomic E-state index is 0.374. The fourth-order valence-corrected chi connectivity index (χ4v) is 1.94. The zero-order chi connectivity index (χ0) is 12.6. The highest BCUT2D eigenvalue weighted by molar-refractivity contribution is 6.40. The van der Waals surface area contributed by atoms with Crippen LogP contribution < -0.4 is 0 Å². The third-order valence-electron chi connectivity index (χ3n) is 2.66. The van der Waals surface area contributed by atoms with Crippen LogP contribution in [0.3, 0.4) is 0 Å². The van der Waals surface area contributed by atoms with Gasteiger partial charge in [0.2, 0.25) is 0 Å². The second kappa shape index (κ2) is 4.30. The van der Waals surface area contributed by atoms with Gasteiger partial charge in [-0.3, -0.25) is 9.59 Å². The Morgan fingerprint density at radius 1 is 1.24 bits per heavy atom. The largest absolute Gasteiger partial charge is 0.450 e. The van der Waals surface area contributed by atoms with Crippen LogP contribution in [-0.4, -0.2) is 17.5 Å². The van der Waals surface area contributed by atoms with Crippen molar-refractivity contribution < 1.29 is 19.1 Å². The molecule has 2 unspecified atom stereocenters. The zero-order valence-electron chi connectivity index (χ0n) is 8.98. The summed E-state index contributed by atoms with van der Waals surface area (Å²) < 4.78 is 4.92. The monoisotopic (exact) mass is 252 g/mol. The van der Waals surface area contributed by atoms with Crippen LogP contribution in [0.1, 0.15) is 18.6 Å². The molecule has 1 heterocycles. The fraction of sp³-hybridized carbons (Fsp3) is 0.250. The highest BCUT2D eigenvalue weighted by Gasteiger charge is 2.46. The van der Waals surface area contributed by atoms with Crippen LogP contribution in [0.15, 0.2) is 24.3 Å². The minimum atomic E-state index is -1.04. The lowest BCUT2D eigenvalue weighted by atomic mass is 9.91. The first-order valence-electron chi connectivity index (χ1n) is 5.01. The van der Waals surface area contributed by atoms with Crippen LogP contribution in [0.25, 0.3) is 0 Å². The van der Waals surface area contributed by atoms with Gasteiger partial charge in [0.15, 0.2) is 0 Å². The number of benzene rings is 1. The lowest BCUT2D eigenvalue weighted by molar-refractivity contribution is -0.149. The molecular formula is C12H9ClO4. The molecule has 0 saturated carbocycles. The molecule has 0 aromatic heterocycles. The highest BCUT2D eigenvalue weighted by Crippen LogP contribution is 2.34. The Morgan fingerprint density at radius 2 is 1.82 bits per heavy atom. The summed E-state index contributed by atoms with van der Waals surface area (Å²) in [6.07, 6.45) is -0.829. The van der Waals surface area contributed by atoms with E-state index in [2.05, 4.69) is 0 Å². The molecule has 0 aliphatic carbocycles. The summed E-state index contributed by atoms with van der Waals surface area (Å²) in [5.41, 5.74) is 0.591. The zero-order valence-corrected chi connectivity index (χ0v) is 9.73. The van der Waals surface area contributed by atoms with Crippen molar-refractivity contribution in [3.05, 3.63) is 34.9 Å². The third kappa shape index (κ3) is 2.08. The normalized spacial score (nSPS) is 23.6. The molecule has 1 aliphatic heterocycles. The standard InChI is InChI=1S/C12H9ClO4/c1-6(14)9-10(15)12(16)17-11(9)7-2-4-8(13)5-3-7/h2-5,9,11H,1H3. The molecule has 0 N–H and O–H groups in total. The summed E-state index contributed by atoms with van der Waals surface area (Å²) in [7, 11) is 0. The van der Waals surface area contributed by atoms with Crippen LogP contribution in [0, 0.1) is 5.92 Å². The smallest absolute Gasteiger partial charge is 0.376 e. The van der Waals surface area contributed by atoms with Gasteiger partial charge in [-0.2, -0.15) is 0 Å². The van der Waals surface area contributed by atoms with Crippen molar-refractivity contribution in [2.75, 3.05) is 0 Å². The maximum Gasteiger partial charge on any atom is 0.376 e. The average molecular weight is 253 g/mol. The maximum atomic E-state index is 11.5. The van der Waals surface area contributed by atoms with Gasteiger partial charge in [0.1, 0.15) is 17.8 Å². The average Bonchev–Trinajstić information content (AvgIpc) is 2.56. The molecule has 0 radical (unpaired) electrons. The van der Waals surface area contributed by atoms with Gasteiger partial charge in [-0.25, -0.2) is 4.79 Å². The van der Waals surface area contributed by atoms with E-state index in [-0.39, 0.29) is 5.78 Å². The molecule has 2 rings (SSSR count). The number of hydrogen-bond acceptors (Lipinski definition) is 4. The molecule has 5 heteroatoms. The Labute approximate surface area is 103 Å². The van der Waals surface area contributed by atoms with E-state index in [1.807, 2.05) is 0 Å². The number of esters is 1. The molecule has 1 aromatic carbocycles. The molecule has 2 atom stereocenters. The molecule has 0 amide bonds. The number of carbonyl (C=O) groups is 3. The maximum absolute atomic E-state index is 11.5. The topological polar surface area (TPSA) is 60.4 Å². The minimum Gasteiger partial charge on any atom is -0.450 e. The van der Waals surface area contributed by atoms with Gasteiger partial charge < -0.3 is 4.74 Å². The van der Waals surface area contributed by atoms with Gasteiger partial charge in [-0.1, -0.05) is 23.7 Å². The summed E-state index contributed by atoms with van der Waals surface area (Å²) in [5, 5.41) is 0.531. The Hall–Kier alpha value is -1.68. The SMILES string of the molecule is CC(=O)C1C(=O)C(=O)OC1c1ccc(Cl)cc1. The van der Waals surface area contributed by atoms with Crippen LogP contribution >= 0.6 is 11.6 Å². The Morgan fingerprint density at radius 3 is 2.35 bits per heavy atom. The number of Topliss-reactive ketones (excluding diaryl/α,β-unsaturated/α-hetero) is 2. The highest BCUT2D eigenvalue weighted by atomic mass is 35.5. The third-order valence-corrected chi connectivity index (χ3v) is 2.91. The van der Waals surface area contributed by atoms with E-state index < -0.39 is 23.8 Å². The second-order valence-corrected chi connectivity index (χ2v) is 4.27. The second-order valence-electron chi connectivity index (χ2n) is 3.83.